The predicted octanol–water partition coefficient (Wildman–Crippen LogP) is 3.29. The van der Waals surface area contributed by atoms with Gasteiger partial charge in [0.1, 0.15) is 23.3 Å². The fraction of sp³-hybridized carbons (Fsp3) is 0.0769. The number of hydrogen-bond acceptors (Lipinski definition) is 1. The van der Waals surface area contributed by atoms with Crippen LogP contribution in [0.1, 0.15) is 17.2 Å². The topological polar surface area (TPSA) is 26.0 Å². The Hall–Kier alpha value is -1.88. The summed E-state index contributed by atoms with van der Waals surface area (Å²) in [4.78, 5) is 0. The first-order valence-electron chi connectivity index (χ1n) is 5.14. The van der Waals surface area contributed by atoms with E-state index in [4.69, 9.17) is 5.73 Å². The molecule has 0 saturated carbocycles. The zero-order chi connectivity index (χ0) is 13.3. The van der Waals surface area contributed by atoms with Gasteiger partial charge in [-0.25, -0.2) is 17.6 Å². The minimum Gasteiger partial charge on any atom is -0.320 e. The van der Waals surface area contributed by atoms with E-state index in [1.165, 1.54) is 0 Å². The molecule has 0 aliphatic heterocycles. The molecular weight excluding hydrogens is 246 g/mol. The predicted molar refractivity (Wildman–Crippen MR) is 58.7 cm³/mol. The number of hydrogen-bond donors (Lipinski definition) is 1. The lowest BCUT2D eigenvalue weighted by molar-refractivity contribution is 0.565. The molecule has 0 fully saturated rings. The average molecular weight is 255 g/mol. The Bertz CT molecular complexity index is 563. The summed E-state index contributed by atoms with van der Waals surface area (Å²) in [7, 11) is 0. The summed E-state index contributed by atoms with van der Waals surface area (Å²) < 4.78 is 52.5. The van der Waals surface area contributed by atoms with Gasteiger partial charge in [0.15, 0.2) is 0 Å². The summed E-state index contributed by atoms with van der Waals surface area (Å²) >= 11 is 0. The molecule has 2 aromatic rings. The molecule has 18 heavy (non-hydrogen) atoms. The molecule has 2 N–H and O–H groups in total. The molecule has 0 aliphatic rings. The van der Waals surface area contributed by atoms with E-state index in [0.29, 0.717) is 6.07 Å². The molecule has 0 heterocycles. The van der Waals surface area contributed by atoms with Crippen LogP contribution in [-0.4, -0.2) is 0 Å². The van der Waals surface area contributed by atoms with E-state index < -0.39 is 29.3 Å². The Balaban J connectivity index is 2.47. The van der Waals surface area contributed by atoms with Crippen molar-refractivity contribution in [3.63, 3.8) is 0 Å². The van der Waals surface area contributed by atoms with Crippen LogP contribution in [-0.2, 0) is 0 Å². The van der Waals surface area contributed by atoms with Gasteiger partial charge in [-0.15, -0.1) is 0 Å². The van der Waals surface area contributed by atoms with E-state index >= 15 is 0 Å². The van der Waals surface area contributed by atoms with Crippen molar-refractivity contribution in [2.75, 3.05) is 0 Å². The van der Waals surface area contributed by atoms with Crippen LogP contribution in [0.25, 0.3) is 0 Å². The van der Waals surface area contributed by atoms with Crippen LogP contribution < -0.4 is 5.73 Å². The molecule has 0 aliphatic carbocycles. The maximum Gasteiger partial charge on any atom is 0.128 e. The zero-order valence-corrected chi connectivity index (χ0v) is 9.13. The Morgan fingerprint density at radius 2 is 1.39 bits per heavy atom. The van der Waals surface area contributed by atoms with E-state index in [-0.39, 0.29) is 11.1 Å². The van der Waals surface area contributed by atoms with Crippen LogP contribution in [0.5, 0.6) is 0 Å². The molecule has 2 rings (SSSR count). The van der Waals surface area contributed by atoms with Crippen molar-refractivity contribution in [2.24, 2.45) is 5.73 Å². The van der Waals surface area contributed by atoms with Crippen LogP contribution in [0, 0.1) is 23.3 Å². The van der Waals surface area contributed by atoms with E-state index in [0.717, 1.165) is 30.3 Å². The quantitative estimate of drug-likeness (QED) is 0.819. The smallest absolute Gasteiger partial charge is 0.128 e. The largest absolute Gasteiger partial charge is 0.320 e. The molecule has 0 aromatic heterocycles. The van der Waals surface area contributed by atoms with E-state index in [2.05, 4.69) is 0 Å². The summed E-state index contributed by atoms with van der Waals surface area (Å²) in [5.74, 6) is -3.04. The van der Waals surface area contributed by atoms with E-state index in [9.17, 15) is 17.6 Å². The number of benzene rings is 2. The lowest BCUT2D eigenvalue weighted by atomic mass is 9.99. The van der Waals surface area contributed by atoms with Crippen LogP contribution in [0.15, 0.2) is 36.4 Å². The van der Waals surface area contributed by atoms with Gasteiger partial charge >= 0.3 is 0 Å². The molecular formula is C13H9F4N. The number of nitrogens with two attached hydrogens (primary N) is 1. The van der Waals surface area contributed by atoms with Crippen LogP contribution >= 0.6 is 0 Å². The summed E-state index contributed by atoms with van der Waals surface area (Å²) in [6, 6.07) is 4.28. The monoisotopic (exact) mass is 255 g/mol. The third-order valence-corrected chi connectivity index (χ3v) is 2.54. The maximum absolute atomic E-state index is 13.5. The van der Waals surface area contributed by atoms with Crippen molar-refractivity contribution < 1.29 is 17.6 Å². The highest BCUT2D eigenvalue weighted by Gasteiger charge is 2.16. The molecule has 0 saturated heterocycles. The molecule has 2 aromatic carbocycles. The second-order valence-electron chi connectivity index (χ2n) is 3.85. The summed E-state index contributed by atoms with van der Waals surface area (Å²) in [6.07, 6.45) is 0. The first-order valence-corrected chi connectivity index (χ1v) is 5.14. The minimum atomic E-state index is -1.13. The lowest BCUT2D eigenvalue weighted by Gasteiger charge is -2.13. The van der Waals surface area contributed by atoms with Crippen LogP contribution in [0.2, 0.25) is 0 Å². The fourth-order valence-electron chi connectivity index (χ4n) is 1.69. The van der Waals surface area contributed by atoms with Crippen molar-refractivity contribution in [1.29, 1.82) is 0 Å². The SMILES string of the molecule is NC(c1cc(F)cc(F)c1)c1cc(F)ccc1F. The van der Waals surface area contributed by atoms with E-state index in [1.54, 1.807) is 0 Å². The summed E-state index contributed by atoms with van der Waals surface area (Å²) in [6.45, 7) is 0. The second kappa shape index (κ2) is 4.78. The van der Waals surface area contributed by atoms with Gasteiger partial charge in [0.2, 0.25) is 0 Å². The van der Waals surface area contributed by atoms with Crippen molar-refractivity contribution in [2.45, 2.75) is 6.04 Å². The van der Waals surface area contributed by atoms with Crippen LogP contribution in [0.4, 0.5) is 17.6 Å². The van der Waals surface area contributed by atoms with Gasteiger partial charge in [-0.05, 0) is 35.9 Å². The highest BCUT2D eigenvalue weighted by Crippen LogP contribution is 2.24. The van der Waals surface area contributed by atoms with Gasteiger partial charge in [-0.1, -0.05) is 0 Å². The number of rotatable bonds is 2. The first-order chi connectivity index (χ1) is 8.47. The highest BCUT2D eigenvalue weighted by atomic mass is 19.1. The maximum atomic E-state index is 13.5. The molecule has 0 bridgehead atoms. The summed E-state index contributed by atoms with van der Waals surface area (Å²) in [5, 5.41) is 0. The first kappa shape index (κ1) is 12.6. The molecule has 1 unspecified atom stereocenters. The van der Waals surface area contributed by atoms with Gasteiger partial charge in [0.05, 0.1) is 6.04 Å². The van der Waals surface area contributed by atoms with Crippen molar-refractivity contribution >= 4 is 0 Å². The second-order valence-corrected chi connectivity index (χ2v) is 3.85. The molecule has 0 spiro atoms. The van der Waals surface area contributed by atoms with Gasteiger partial charge < -0.3 is 5.73 Å². The normalized spacial score (nSPS) is 12.5. The zero-order valence-electron chi connectivity index (χ0n) is 9.13. The average Bonchev–Trinajstić information content (AvgIpc) is 2.30. The molecule has 0 amide bonds. The van der Waals surface area contributed by atoms with Crippen LogP contribution in [0.3, 0.4) is 0 Å². The number of halogens is 4. The Morgan fingerprint density at radius 1 is 0.778 bits per heavy atom. The van der Waals surface area contributed by atoms with E-state index in [1.807, 2.05) is 0 Å². The molecule has 1 nitrogen and oxygen atoms in total. The van der Waals surface area contributed by atoms with Gasteiger partial charge in [0.25, 0.3) is 0 Å². The van der Waals surface area contributed by atoms with Gasteiger partial charge in [0, 0.05) is 11.6 Å². The molecule has 94 valence electrons. The fourth-order valence-corrected chi connectivity index (χ4v) is 1.69. The van der Waals surface area contributed by atoms with Crippen molar-refractivity contribution in [1.82, 2.24) is 0 Å². The third-order valence-electron chi connectivity index (χ3n) is 2.54. The standard InChI is InChI=1S/C13H9F4N/c14-8-1-2-12(17)11(6-8)13(18)7-3-9(15)5-10(16)4-7/h1-6,13H,18H2. The van der Waals surface area contributed by atoms with Gasteiger partial charge in [-0.2, -0.15) is 0 Å². The lowest BCUT2D eigenvalue weighted by Crippen LogP contribution is -2.14. The molecule has 0 radical (unpaired) electrons. The van der Waals surface area contributed by atoms with Gasteiger partial charge in [-0.3, -0.25) is 0 Å². The van der Waals surface area contributed by atoms with Crippen molar-refractivity contribution in [3.8, 4) is 0 Å². The highest BCUT2D eigenvalue weighted by molar-refractivity contribution is 5.33. The Morgan fingerprint density at radius 3 is 2.00 bits per heavy atom. The molecule has 5 heteroatoms. The summed E-state index contributed by atoms with van der Waals surface area (Å²) in [5.41, 5.74) is 5.57. The third kappa shape index (κ3) is 2.51. The molecule has 1 atom stereocenters. The van der Waals surface area contributed by atoms with Crippen molar-refractivity contribution in [3.05, 3.63) is 70.8 Å². The minimum absolute atomic E-state index is 0.0389. The Kier molecular flexibility index (Phi) is 3.34. The Labute approximate surface area is 101 Å².